The summed E-state index contributed by atoms with van der Waals surface area (Å²) in [5, 5.41) is 9.18. The largest absolute Gasteiger partial charge is 0.477 e. The van der Waals surface area contributed by atoms with Gasteiger partial charge in [0.1, 0.15) is 4.88 Å². The zero-order valence-corrected chi connectivity index (χ0v) is 14.1. The van der Waals surface area contributed by atoms with Crippen LogP contribution in [0.3, 0.4) is 0 Å². The maximum Gasteiger partial charge on any atom is 0.347 e. The molecule has 122 valence electrons. The number of aromatic carboxylic acids is 1. The Morgan fingerprint density at radius 3 is 2.79 bits per heavy atom. The van der Waals surface area contributed by atoms with E-state index in [1.807, 2.05) is 22.7 Å². The molecular weight excluding hydrogens is 326 g/mol. The molecular formula is C17H15N3O3S. The highest BCUT2D eigenvalue weighted by Crippen LogP contribution is 2.33. The predicted octanol–water partition coefficient (Wildman–Crippen LogP) is 2.98. The minimum Gasteiger partial charge on any atom is -0.477 e. The third-order valence-electron chi connectivity index (χ3n) is 4.40. The van der Waals surface area contributed by atoms with E-state index in [2.05, 4.69) is 11.1 Å². The van der Waals surface area contributed by atoms with Crippen molar-refractivity contribution >= 4 is 33.9 Å². The molecule has 1 aromatic carbocycles. The minimum atomic E-state index is -0.925. The van der Waals surface area contributed by atoms with Gasteiger partial charge in [0.2, 0.25) is 5.91 Å². The number of carboxylic acid groups (broad SMARTS) is 1. The zero-order chi connectivity index (χ0) is 17.0. The standard InChI is InChI=1S/C17H15N3O3S/c1-9-15(16(22)23)24-17-18-13(8-20(9)17)11-3-4-14-12(7-11)5-6-19(14)10(2)21/h3-4,7-8H,5-6H2,1-2H3,(H,22,23). The van der Waals surface area contributed by atoms with Crippen molar-refractivity contribution in [2.75, 3.05) is 11.4 Å². The number of carbonyl (C=O) groups is 2. The summed E-state index contributed by atoms with van der Waals surface area (Å²) in [4.78, 5) is 30.2. The van der Waals surface area contributed by atoms with Crippen LogP contribution in [-0.4, -0.2) is 32.9 Å². The molecule has 24 heavy (non-hydrogen) atoms. The topological polar surface area (TPSA) is 74.9 Å². The SMILES string of the molecule is CC(=O)N1CCc2cc(-c3cn4c(C)c(C(=O)O)sc4n3)ccc21. The maximum absolute atomic E-state index is 11.6. The summed E-state index contributed by atoms with van der Waals surface area (Å²) in [6.07, 6.45) is 2.71. The number of anilines is 1. The number of rotatable bonds is 2. The molecule has 6 nitrogen and oxygen atoms in total. The molecule has 0 atom stereocenters. The number of benzene rings is 1. The second kappa shape index (κ2) is 5.17. The monoisotopic (exact) mass is 341 g/mol. The van der Waals surface area contributed by atoms with E-state index in [0.717, 1.165) is 28.9 Å². The smallest absolute Gasteiger partial charge is 0.347 e. The Hall–Kier alpha value is -2.67. The van der Waals surface area contributed by atoms with Crippen molar-refractivity contribution in [2.24, 2.45) is 0 Å². The molecule has 3 heterocycles. The van der Waals surface area contributed by atoms with E-state index in [4.69, 9.17) is 0 Å². The van der Waals surface area contributed by atoms with Gasteiger partial charge in [-0.2, -0.15) is 0 Å². The molecule has 1 N–H and O–H groups in total. The van der Waals surface area contributed by atoms with Crippen LogP contribution in [0.4, 0.5) is 5.69 Å². The quantitative estimate of drug-likeness (QED) is 0.777. The number of carboxylic acids is 1. The molecule has 1 amide bonds. The van der Waals surface area contributed by atoms with Gasteiger partial charge in [-0.05, 0) is 31.0 Å². The van der Waals surface area contributed by atoms with E-state index in [-0.39, 0.29) is 5.91 Å². The summed E-state index contributed by atoms with van der Waals surface area (Å²) in [7, 11) is 0. The number of aryl methyl sites for hydroxylation is 1. The molecule has 0 saturated heterocycles. The fourth-order valence-corrected chi connectivity index (χ4v) is 4.12. The van der Waals surface area contributed by atoms with E-state index < -0.39 is 5.97 Å². The lowest BCUT2D eigenvalue weighted by molar-refractivity contribution is -0.116. The van der Waals surface area contributed by atoms with Crippen molar-refractivity contribution in [2.45, 2.75) is 20.3 Å². The van der Waals surface area contributed by atoms with E-state index in [1.165, 1.54) is 11.3 Å². The molecule has 0 unspecified atom stereocenters. The molecule has 0 radical (unpaired) electrons. The van der Waals surface area contributed by atoms with Crippen LogP contribution in [0, 0.1) is 6.92 Å². The van der Waals surface area contributed by atoms with E-state index in [1.54, 1.807) is 18.7 Å². The average molecular weight is 341 g/mol. The van der Waals surface area contributed by atoms with Gasteiger partial charge in [0.05, 0.1) is 5.69 Å². The molecule has 7 heteroatoms. The van der Waals surface area contributed by atoms with Crippen molar-refractivity contribution in [3.63, 3.8) is 0 Å². The van der Waals surface area contributed by atoms with Gasteiger partial charge in [-0.3, -0.25) is 9.20 Å². The van der Waals surface area contributed by atoms with Crippen molar-refractivity contribution in [3.05, 3.63) is 40.5 Å². The Morgan fingerprint density at radius 2 is 2.12 bits per heavy atom. The molecule has 1 aliphatic rings. The average Bonchev–Trinajstić information content (AvgIpc) is 3.20. The summed E-state index contributed by atoms with van der Waals surface area (Å²) in [5.74, 6) is -0.868. The fourth-order valence-electron chi connectivity index (χ4n) is 3.18. The van der Waals surface area contributed by atoms with Crippen LogP contribution in [0.15, 0.2) is 24.4 Å². The molecule has 0 aliphatic carbocycles. The molecule has 0 saturated carbocycles. The summed E-state index contributed by atoms with van der Waals surface area (Å²) in [6.45, 7) is 4.08. The van der Waals surface area contributed by atoms with Crippen molar-refractivity contribution in [1.29, 1.82) is 0 Å². The first kappa shape index (κ1) is 14.9. The molecule has 4 rings (SSSR count). The number of imidazole rings is 1. The van der Waals surface area contributed by atoms with Gasteiger partial charge in [0.25, 0.3) is 0 Å². The first-order valence-electron chi connectivity index (χ1n) is 7.59. The minimum absolute atomic E-state index is 0.0563. The summed E-state index contributed by atoms with van der Waals surface area (Å²) >= 11 is 1.18. The number of fused-ring (bicyclic) bond motifs is 2. The fraction of sp³-hybridized carbons (Fsp3) is 0.235. The lowest BCUT2D eigenvalue weighted by atomic mass is 10.1. The van der Waals surface area contributed by atoms with Crippen molar-refractivity contribution in [3.8, 4) is 11.3 Å². The molecule has 2 aromatic heterocycles. The van der Waals surface area contributed by atoms with Gasteiger partial charge in [-0.1, -0.05) is 17.4 Å². The van der Waals surface area contributed by atoms with E-state index >= 15 is 0 Å². The summed E-state index contributed by atoms with van der Waals surface area (Å²) in [5.41, 5.74) is 4.58. The van der Waals surface area contributed by atoms with E-state index in [9.17, 15) is 14.7 Å². The molecule has 0 spiro atoms. The Kier molecular flexibility index (Phi) is 3.21. The van der Waals surface area contributed by atoms with Gasteiger partial charge in [0.15, 0.2) is 4.96 Å². The van der Waals surface area contributed by atoms with Crippen LogP contribution in [0.25, 0.3) is 16.2 Å². The summed E-state index contributed by atoms with van der Waals surface area (Å²) in [6, 6.07) is 5.99. The van der Waals surface area contributed by atoms with Crippen molar-refractivity contribution in [1.82, 2.24) is 9.38 Å². The molecule has 0 fully saturated rings. The van der Waals surface area contributed by atoms with E-state index in [0.29, 0.717) is 22.1 Å². The summed E-state index contributed by atoms with van der Waals surface area (Å²) < 4.78 is 1.82. The van der Waals surface area contributed by atoms with Crippen LogP contribution in [-0.2, 0) is 11.2 Å². The number of thiazole rings is 1. The van der Waals surface area contributed by atoms with Crippen LogP contribution in [0.5, 0.6) is 0 Å². The second-order valence-corrected chi connectivity index (χ2v) is 6.84. The molecule has 0 bridgehead atoms. The normalized spacial score (nSPS) is 13.5. The third kappa shape index (κ3) is 2.12. The van der Waals surface area contributed by atoms with Crippen LogP contribution in [0.1, 0.15) is 27.9 Å². The number of carbonyl (C=O) groups excluding carboxylic acids is 1. The highest BCUT2D eigenvalue weighted by molar-refractivity contribution is 7.19. The highest BCUT2D eigenvalue weighted by Gasteiger charge is 2.23. The first-order valence-corrected chi connectivity index (χ1v) is 8.40. The number of nitrogens with zero attached hydrogens (tertiary/aromatic N) is 3. The van der Waals surface area contributed by atoms with Gasteiger partial charge in [-0.25, -0.2) is 9.78 Å². The zero-order valence-electron chi connectivity index (χ0n) is 13.2. The number of hydrogen-bond donors (Lipinski definition) is 1. The van der Waals surface area contributed by atoms with Gasteiger partial charge in [-0.15, -0.1) is 0 Å². The highest BCUT2D eigenvalue weighted by atomic mass is 32.1. The second-order valence-electron chi connectivity index (χ2n) is 5.86. The number of amides is 1. The van der Waals surface area contributed by atoms with Crippen molar-refractivity contribution < 1.29 is 14.7 Å². The van der Waals surface area contributed by atoms with Gasteiger partial charge >= 0.3 is 5.97 Å². The van der Waals surface area contributed by atoms with Crippen LogP contribution >= 0.6 is 11.3 Å². The maximum atomic E-state index is 11.6. The Balaban J connectivity index is 1.76. The van der Waals surface area contributed by atoms with Gasteiger partial charge < -0.3 is 10.0 Å². The van der Waals surface area contributed by atoms with Crippen LogP contribution in [0.2, 0.25) is 0 Å². The van der Waals surface area contributed by atoms with Gasteiger partial charge in [0, 0.05) is 36.6 Å². The third-order valence-corrected chi connectivity index (χ3v) is 5.55. The molecule has 3 aromatic rings. The Labute approximate surface area is 142 Å². The molecule has 1 aliphatic heterocycles. The Bertz CT molecular complexity index is 1000. The number of aromatic nitrogens is 2. The lowest BCUT2D eigenvalue weighted by Crippen LogP contribution is -2.25. The first-order chi connectivity index (χ1) is 11.5. The van der Waals surface area contributed by atoms with Crippen LogP contribution < -0.4 is 4.90 Å². The lowest BCUT2D eigenvalue weighted by Gasteiger charge is -2.14. The number of hydrogen-bond acceptors (Lipinski definition) is 4. The Morgan fingerprint density at radius 1 is 1.33 bits per heavy atom. The predicted molar refractivity (Wildman–Crippen MR) is 91.9 cm³/mol.